The zero-order valence-electron chi connectivity index (χ0n) is 13.8. The zero-order valence-corrected chi connectivity index (χ0v) is 13.8. The molecule has 0 radical (unpaired) electrons. The van der Waals surface area contributed by atoms with Crippen molar-refractivity contribution in [3.05, 3.63) is 0 Å². The molecule has 1 N–H and O–H groups in total. The van der Waals surface area contributed by atoms with Crippen LogP contribution in [0, 0.1) is 11.3 Å². The van der Waals surface area contributed by atoms with Crippen molar-refractivity contribution in [2.24, 2.45) is 11.3 Å². The van der Waals surface area contributed by atoms with Crippen LogP contribution in [-0.4, -0.2) is 50.3 Å². The molecule has 0 aliphatic carbocycles. The Morgan fingerprint density at radius 3 is 2.65 bits per heavy atom. The molecule has 2 unspecified atom stereocenters. The van der Waals surface area contributed by atoms with E-state index < -0.39 is 0 Å². The lowest BCUT2D eigenvalue weighted by atomic mass is 9.77. The lowest BCUT2D eigenvalue weighted by molar-refractivity contribution is 0.109. The van der Waals surface area contributed by atoms with Gasteiger partial charge in [-0.1, -0.05) is 20.8 Å². The van der Waals surface area contributed by atoms with E-state index >= 15 is 0 Å². The number of ether oxygens (including phenoxy) is 1. The van der Waals surface area contributed by atoms with Crippen molar-refractivity contribution < 1.29 is 4.74 Å². The minimum Gasteiger partial charge on any atom is -0.377 e. The highest BCUT2D eigenvalue weighted by Gasteiger charge is 2.26. The Bertz CT molecular complexity index is 269. The van der Waals surface area contributed by atoms with E-state index in [9.17, 15) is 0 Å². The van der Waals surface area contributed by atoms with Gasteiger partial charge in [-0.15, -0.1) is 0 Å². The van der Waals surface area contributed by atoms with Gasteiger partial charge in [0.25, 0.3) is 0 Å². The Labute approximate surface area is 125 Å². The molecule has 2 saturated heterocycles. The Morgan fingerprint density at radius 2 is 1.95 bits per heavy atom. The molecule has 3 heteroatoms. The highest BCUT2D eigenvalue weighted by atomic mass is 16.5. The highest BCUT2D eigenvalue weighted by Crippen LogP contribution is 2.34. The van der Waals surface area contributed by atoms with Crippen LogP contribution in [-0.2, 0) is 4.74 Å². The summed E-state index contributed by atoms with van der Waals surface area (Å²) in [4.78, 5) is 2.65. The maximum atomic E-state index is 5.64. The van der Waals surface area contributed by atoms with Gasteiger partial charge in [0.1, 0.15) is 0 Å². The van der Waals surface area contributed by atoms with E-state index in [2.05, 4.69) is 31.0 Å². The second-order valence-corrected chi connectivity index (χ2v) is 7.67. The van der Waals surface area contributed by atoms with Crippen LogP contribution in [0.2, 0.25) is 0 Å². The first-order valence-corrected chi connectivity index (χ1v) is 8.60. The average Bonchev–Trinajstić information content (AvgIpc) is 2.77. The van der Waals surface area contributed by atoms with Crippen molar-refractivity contribution >= 4 is 0 Å². The summed E-state index contributed by atoms with van der Waals surface area (Å²) in [5.41, 5.74) is 0.480. The molecule has 0 aromatic heterocycles. The summed E-state index contributed by atoms with van der Waals surface area (Å²) in [7, 11) is 0. The van der Waals surface area contributed by atoms with E-state index in [1.807, 2.05) is 0 Å². The van der Waals surface area contributed by atoms with E-state index in [4.69, 9.17) is 4.74 Å². The number of nitrogens with zero attached hydrogens (tertiary/aromatic N) is 1. The second-order valence-electron chi connectivity index (χ2n) is 7.67. The summed E-state index contributed by atoms with van der Waals surface area (Å²) < 4.78 is 5.64. The van der Waals surface area contributed by atoms with Crippen molar-refractivity contribution in [2.75, 3.05) is 39.3 Å². The summed E-state index contributed by atoms with van der Waals surface area (Å²) in [6, 6.07) is 0. The SMILES string of the molecule is CC(C)(C)C1CCCN(CCNCC2CCCO2)CC1. The van der Waals surface area contributed by atoms with Crippen LogP contribution >= 0.6 is 0 Å². The highest BCUT2D eigenvalue weighted by molar-refractivity contribution is 4.79. The molecule has 0 amide bonds. The third kappa shape index (κ3) is 5.34. The molecular formula is C17H34N2O. The molecule has 0 aromatic carbocycles. The van der Waals surface area contributed by atoms with E-state index in [0.717, 1.165) is 25.6 Å². The first kappa shape index (κ1) is 16.3. The first-order valence-electron chi connectivity index (χ1n) is 8.60. The lowest BCUT2D eigenvalue weighted by Crippen LogP contribution is -2.36. The molecule has 2 fully saturated rings. The monoisotopic (exact) mass is 282 g/mol. The predicted octanol–water partition coefficient (Wildman–Crippen LogP) is 2.90. The normalized spacial score (nSPS) is 29.6. The molecule has 2 atom stereocenters. The van der Waals surface area contributed by atoms with Crippen molar-refractivity contribution in [1.29, 1.82) is 0 Å². The van der Waals surface area contributed by atoms with Crippen LogP contribution in [0.4, 0.5) is 0 Å². The van der Waals surface area contributed by atoms with Gasteiger partial charge in [-0.3, -0.25) is 0 Å². The Hall–Kier alpha value is -0.120. The molecule has 2 heterocycles. The molecule has 2 aliphatic heterocycles. The summed E-state index contributed by atoms with van der Waals surface area (Å²) in [5.74, 6) is 0.896. The number of likely N-dealkylation sites (tertiary alicyclic amines) is 1. The summed E-state index contributed by atoms with van der Waals surface area (Å²) in [6.07, 6.45) is 7.10. The fourth-order valence-electron chi connectivity index (χ4n) is 3.55. The topological polar surface area (TPSA) is 24.5 Å². The molecule has 0 bridgehead atoms. The number of hydrogen-bond donors (Lipinski definition) is 1. The van der Waals surface area contributed by atoms with Crippen LogP contribution in [0.3, 0.4) is 0 Å². The fraction of sp³-hybridized carbons (Fsp3) is 1.00. The van der Waals surface area contributed by atoms with Crippen LogP contribution in [0.5, 0.6) is 0 Å². The molecular weight excluding hydrogens is 248 g/mol. The third-order valence-corrected chi connectivity index (χ3v) is 5.05. The number of rotatable bonds is 5. The molecule has 0 saturated carbocycles. The van der Waals surface area contributed by atoms with Crippen LogP contribution < -0.4 is 5.32 Å². The average molecular weight is 282 g/mol. The first-order chi connectivity index (χ1) is 9.55. The maximum Gasteiger partial charge on any atom is 0.0700 e. The van der Waals surface area contributed by atoms with Gasteiger partial charge in [0.2, 0.25) is 0 Å². The van der Waals surface area contributed by atoms with Gasteiger partial charge in [0.05, 0.1) is 6.10 Å². The van der Waals surface area contributed by atoms with Crippen LogP contribution in [0.25, 0.3) is 0 Å². The van der Waals surface area contributed by atoms with E-state index in [1.165, 1.54) is 51.7 Å². The minimum absolute atomic E-state index is 0.476. The molecule has 2 aliphatic rings. The standard InChI is InChI=1S/C17H34N2O/c1-17(2,3)15-6-4-10-19(11-8-15)12-9-18-14-16-7-5-13-20-16/h15-16,18H,4-14H2,1-3H3. The van der Waals surface area contributed by atoms with Crippen LogP contribution in [0.15, 0.2) is 0 Å². The van der Waals surface area contributed by atoms with Gasteiger partial charge in [0.15, 0.2) is 0 Å². The molecule has 3 nitrogen and oxygen atoms in total. The summed E-state index contributed by atoms with van der Waals surface area (Å²) >= 11 is 0. The molecule has 118 valence electrons. The largest absolute Gasteiger partial charge is 0.377 e. The number of nitrogens with one attached hydrogen (secondary N) is 1. The van der Waals surface area contributed by atoms with Gasteiger partial charge in [-0.2, -0.15) is 0 Å². The third-order valence-electron chi connectivity index (χ3n) is 5.05. The van der Waals surface area contributed by atoms with Crippen molar-refractivity contribution in [3.8, 4) is 0 Å². The molecule has 2 rings (SSSR count). The number of hydrogen-bond acceptors (Lipinski definition) is 3. The predicted molar refractivity (Wildman–Crippen MR) is 85.1 cm³/mol. The molecule has 0 spiro atoms. The van der Waals surface area contributed by atoms with E-state index in [-0.39, 0.29) is 0 Å². The summed E-state index contributed by atoms with van der Waals surface area (Å²) in [5, 5.41) is 3.57. The van der Waals surface area contributed by atoms with E-state index in [0.29, 0.717) is 11.5 Å². The Balaban J connectivity index is 1.59. The molecule has 20 heavy (non-hydrogen) atoms. The zero-order chi connectivity index (χ0) is 14.4. The quantitative estimate of drug-likeness (QED) is 0.785. The van der Waals surface area contributed by atoms with Gasteiger partial charge >= 0.3 is 0 Å². The van der Waals surface area contributed by atoms with Gasteiger partial charge in [0, 0.05) is 26.2 Å². The minimum atomic E-state index is 0.476. The van der Waals surface area contributed by atoms with Crippen LogP contribution in [0.1, 0.15) is 52.9 Å². The van der Waals surface area contributed by atoms with E-state index in [1.54, 1.807) is 0 Å². The van der Waals surface area contributed by atoms with Crippen molar-refractivity contribution in [2.45, 2.75) is 59.0 Å². The van der Waals surface area contributed by atoms with Crippen molar-refractivity contribution in [3.63, 3.8) is 0 Å². The fourth-order valence-corrected chi connectivity index (χ4v) is 3.55. The smallest absolute Gasteiger partial charge is 0.0700 e. The Kier molecular flexibility index (Phi) is 6.31. The second kappa shape index (κ2) is 7.77. The Morgan fingerprint density at radius 1 is 1.10 bits per heavy atom. The van der Waals surface area contributed by atoms with Gasteiger partial charge in [-0.05, 0) is 56.5 Å². The summed E-state index contributed by atoms with van der Waals surface area (Å²) in [6.45, 7) is 14.1. The van der Waals surface area contributed by atoms with Gasteiger partial charge in [-0.25, -0.2) is 0 Å². The van der Waals surface area contributed by atoms with Gasteiger partial charge < -0.3 is 15.0 Å². The van der Waals surface area contributed by atoms with Crippen molar-refractivity contribution in [1.82, 2.24) is 10.2 Å². The maximum absolute atomic E-state index is 5.64. The lowest BCUT2D eigenvalue weighted by Gasteiger charge is -2.29. The molecule has 0 aromatic rings.